The van der Waals surface area contributed by atoms with Gasteiger partial charge in [-0.25, -0.2) is 4.98 Å². The number of carbonyl (C=O) groups excluding carboxylic acids is 1. The molecule has 0 bridgehead atoms. The van der Waals surface area contributed by atoms with Crippen molar-refractivity contribution in [1.29, 1.82) is 0 Å². The Morgan fingerprint density at radius 3 is 3.10 bits per heavy atom. The molecule has 1 fully saturated rings. The van der Waals surface area contributed by atoms with Crippen molar-refractivity contribution in [3.05, 3.63) is 28.5 Å². The zero-order valence-electron chi connectivity index (χ0n) is 10.9. The molecule has 1 aliphatic rings. The van der Waals surface area contributed by atoms with E-state index in [2.05, 4.69) is 30.8 Å². The Morgan fingerprint density at radius 1 is 1.50 bits per heavy atom. The number of fused-ring (bicyclic) bond motifs is 1. The average molecular weight is 357 g/mol. The lowest BCUT2D eigenvalue weighted by Crippen LogP contribution is -2.38. The summed E-state index contributed by atoms with van der Waals surface area (Å²) in [6.07, 6.45) is 2.51. The van der Waals surface area contributed by atoms with E-state index < -0.39 is 0 Å². The Morgan fingerprint density at radius 2 is 2.35 bits per heavy atom. The van der Waals surface area contributed by atoms with E-state index in [-0.39, 0.29) is 11.9 Å². The Kier molecular flexibility index (Phi) is 3.98. The van der Waals surface area contributed by atoms with E-state index in [1.165, 1.54) is 0 Å². The van der Waals surface area contributed by atoms with Gasteiger partial charge in [0.1, 0.15) is 11.9 Å². The number of hydrogen-bond donors (Lipinski definition) is 1. The number of carbonyl (C=O) groups is 1. The zero-order chi connectivity index (χ0) is 14.1. The number of rotatable bonds is 3. The molecule has 4 nitrogen and oxygen atoms in total. The van der Waals surface area contributed by atoms with Crippen LogP contribution in [0.1, 0.15) is 24.7 Å². The van der Waals surface area contributed by atoms with Crippen molar-refractivity contribution in [3.63, 3.8) is 0 Å². The first kappa shape index (κ1) is 13.9. The molecular formula is C14H15BrClN3O. The molecule has 1 N–H and O–H groups in total. The van der Waals surface area contributed by atoms with E-state index in [0.29, 0.717) is 12.3 Å². The third kappa shape index (κ3) is 2.44. The molecule has 106 valence electrons. The van der Waals surface area contributed by atoms with Gasteiger partial charge in [0.2, 0.25) is 5.91 Å². The molecule has 2 heterocycles. The summed E-state index contributed by atoms with van der Waals surface area (Å²) in [7, 11) is 0. The topological polar surface area (TPSA) is 46.9 Å². The van der Waals surface area contributed by atoms with Crippen molar-refractivity contribution in [1.82, 2.24) is 14.9 Å². The van der Waals surface area contributed by atoms with E-state index >= 15 is 0 Å². The van der Waals surface area contributed by atoms with Crippen LogP contribution in [-0.2, 0) is 11.2 Å². The highest BCUT2D eigenvalue weighted by molar-refractivity contribution is 9.10. The molecule has 1 atom stereocenters. The maximum Gasteiger partial charge on any atom is 0.243 e. The Balaban J connectivity index is 2.15. The van der Waals surface area contributed by atoms with Crippen LogP contribution in [0.5, 0.6) is 0 Å². The lowest BCUT2D eigenvalue weighted by Gasteiger charge is -2.25. The summed E-state index contributed by atoms with van der Waals surface area (Å²) in [5.41, 5.74) is 1.90. The highest BCUT2D eigenvalue weighted by Crippen LogP contribution is 2.28. The molecule has 6 heteroatoms. The number of imidazole rings is 1. The van der Waals surface area contributed by atoms with Gasteiger partial charge in [0, 0.05) is 23.3 Å². The Bertz CT molecular complexity index is 655. The summed E-state index contributed by atoms with van der Waals surface area (Å²) in [6, 6.07) is 5.79. The lowest BCUT2D eigenvalue weighted by molar-refractivity contribution is -0.125. The number of aromatic nitrogens is 2. The number of aryl methyl sites for hydroxylation is 1. The Labute approximate surface area is 130 Å². The molecule has 2 aromatic rings. The van der Waals surface area contributed by atoms with Crippen molar-refractivity contribution in [2.24, 2.45) is 0 Å². The Hall–Kier alpha value is -1.07. The van der Waals surface area contributed by atoms with Crippen LogP contribution in [0, 0.1) is 0 Å². The van der Waals surface area contributed by atoms with E-state index in [0.717, 1.165) is 40.7 Å². The van der Waals surface area contributed by atoms with Crippen LogP contribution in [0.15, 0.2) is 22.7 Å². The van der Waals surface area contributed by atoms with E-state index in [9.17, 15) is 4.79 Å². The fraction of sp³-hybridized carbons (Fsp3) is 0.429. The minimum Gasteiger partial charge on any atom is -0.354 e. The molecule has 1 amide bonds. The molecule has 3 rings (SSSR count). The first-order chi connectivity index (χ1) is 9.70. The maximum atomic E-state index is 12.2. The summed E-state index contributed by atoms with van der Waals surface area (Å²) in [6.45, 7) is 0.762. The second-order valence-electron chi connectivity index (χ2n) is 4.92. The highest BCUT2D eigenvalue weighted by atomic mass is 79.9. The summed E-state index contributed by atoms with van der Waals surface area (Å²) in [5.74, 6) is 1.46. The van der Waals surface area contributed by atoms with Gasteiger partial charge in [-0.1, -0.05) is 15.9 Å². The van der Waals surface area contributed by atoms with Gasteiger partial charge in [0.25, 0.3) is 0 Å². The number of piperidine rings is 1. The fourth-order valence-electron chi connectivity index (χ4n) is 2.73. The van der Waals surface area contributed by atoms with Crippen LogP contribution < -0.4 is 5.32 Å². The molecule has 1 aromatic carbocycles. The summed E-state index contributed by atoms with van der Waals surface area (Å²) in [4.78, 5) is 16.8. The van der Waals surface area contributed by atoms with Crippen LogP contribution in [0.3, 0.4) is 0 Å². The summed E-state index contributed by atoms with van der Waals surface area (Å²) in [5, 5.41) is 2.94. The number of halogens is 2. The van der Waals surface area contributed by atoms with Gasteiger partial charge in [-0.3, -0.25) is 4.79 Å². The monoisotopic (exact) mass is 355 g/mol. The van der Waals surface area contributed by atoms with Gasteiger partial charge in [-0.15, -0.1) is 11.6 Å². The molecule has 0 spiro atoms. The molecule has 1 aromatic heterocycles. The second kappa shape index (κ2) is 5.74. The third-order valence-corrected chi connectivity index (χ3v) is 4.29. The predicted octanol–water partition coefficient (Wildman–Crippen LogP) is 3.03. The molecule has 0 saturated carbocycles. The molecule has 0 aliphatic carbocycles. The zero-order valence-corrected chi connectivity index (χ0v) is 13.2. The summed E-state index contributed by atoms with van der Waals surface area (Å²) < 4.78 is 3.04. The number of alkyl halides is 1. The molecule has 1 saturated heterocycles. The summed E-state index contributed by atoms with van der Waals surface area (Å²) >= 11 is 9.34. The van der Waals surface area contributed by atoms with Crippen LogP contribution in [0.2, 0.25) is 0 Å². The normalized spacial score (nSPS) is 19.3. The standard InChI is InChI=1S/C14H15BrClN3O/c15-9-3-4-11-10(8-9)18-13(5-6-16)19(11)12-2-1-7-17-14(12)20/h3-4,8,12H,1-2,5-7H2,(H,17,20). The fourth-order valence-corrected chi connectivity index (χ4v) is 3.25. The second-order valence-corrected chi connectivity index (χ2v) is 6.21. The van der Waals surface area contributed by atoms with Crippen LogP contribution >= 0.6 is 27.5 Å². The van der Waals surface area contributed by atoms with Crippen molar-refractivity contribution >= 4 is 44.5 Å². The minimum absolute atomic E-state index is 0.0780. The number of benzene rings is 1. The number of nitrogens with zero attached hydrogens (tertiary/aromatic N) is 2. The van der Waals surface area contributed by atoms with Gasteiger partial charge in [-0.2, -0.15) is 0 Å². The largest absolute Gasteiger partial charge is 0.354 e. The van der Waals surface area contributed by atoms with Crippen molar-refractivity contribution in [2.45, 2.75) is 25.3 Å². The van der Waals surface area contributed by atoms with Crippen LogP contribution in [-0.4, -0.2) is 27.9 Å². The van der Waals surface area contributed by atoms with E-state index in [4.69, 9.17) is 11.6 Å². The van der Waals surface area contributed by atoms with Crippen LogP contribution in [0.4, 0.5) is 0 Å². The first-order valence-corrected chi connectivity index (χ1v) is 8.03. The third-order valence-electron chi connectivity index (χ3n) is 3.61. The van der Waals surface area contributed by atoms with E-state index in [1.807, 2.05) is 18.2 Å². The smallest absolute Gasteiger partial charge is 0.243 e. The van der Waals surface area contributed by atoms with Gasteiger partial charge in [0.05, 0.1) is 11.0 Å². The van der Waals surface area contributed by atoms with Gasteiger partial charge < -0.3 is 9.88 Å². The van der Waals surface area contributed by atoms with Crippen LogP contribution in [0.25, 0.3) is 11.0 Å². The maximum absolute atomic E-state index is 12.2. The van der Waals surface area contributed by atoms with Crippen molar-refractivity contribution in [2.75, 3.05) is 12.4 Å². The number of amides is 1. The minimum atomic E-state index is -0.173. The SMILES string of the molecule is O=C1NCCCC1n1c(CCCl)nc2cc(Br)ccc21. The predicted molar refractivity (Wildman–Crippen MR) is 83.1 cm³/mol. The highest BCUT2D eigenvalue weighted by Gasteiger charge is 2.27. The van der Waals surface area contributed by atoms with E-state index in [1.54, 1.807) is 0 Å². The van der Waals surface area contributed by atoms with Crippen molar-refractivity contribution in [3.8, 4) is 0 Å². The van der Waals surface area contributed by atoms with Gasteiger partial charge in [-0.05, 0) is 31.0 Å². The number of hydrogen-bond acceptors (Lipinski definition) is 2. The first-order valence-electron chi connectivity index (χ1n) is 6.71. The quantitative estimate of drug-likeness (QED) is 0.859. The molecule has 1 aliphatic heterocycles. The average Bonchev–Trinajstić information content (AvgIpc) is 2.77. The van der Waals surface area contributed by atoms with Crippen molar-refractivity contribution < 1.29 is 4.79 Å². The molecular weight excluding hydrogens is 342 g/mol. The molecule has 0 radical (unpaired) electrons. The molecule has 1 unspecified atom stereocenters. The lowest BCUT2D eigenvalue weighted by atomic mass is 10.1. The molecule has 20 heavy (non-hydrogen) atoms. The van der Waals surface area contributed by atoms with Gasteiger partial charge in [0.15, 0.2) is 0 Å². The number of nitrogens with one attached hydrogen (secondary N) is 1. The van der Waals surface area contributed by atoms with Gasteiger partial charge >= 0.3 is 0 Å².